The largest absolute Gasteiger partial charge is 0.490 e. The molecule has 7 heteroatoms. The molecule has 0 bridgehead atoms. The molecule has 0 aromatic carbocycles. The molecule has 0 saturated carbocycles. The summed E-state index contributed by atoms with van der Waals surface area (Å²) in [7, 11) is 0. The van der Waals surface area contributed by atoms with Gasteiger partial charge in [-0.1, -0.05) is 20.8 Å². The number of carboxylic acids is 1. The van der Waals surface area contributed by atoms with Gasteiger partial charge >= 0.3 is 12.1 Å². The molecule has 0 unspecified atom stereocenters. The first-order chi connectivity index (χ1) is 7.77. The minimum absolute atomic E-state index is 0.472. The molecule has 5 N–H and O–H groups in total. The average molecular weight is 259 g/mol. The first kappa shape index (κ1) is 18.5. The molecule has 1 rings (SSSR count). The van der Waals surface area contributed by atoms with Gasteiger partial charge in [0, 0.05) is 6.42 Å². The van der Waals surface area contributed by atoms with Crippen LogP contribution in [-0.2, 0) is 4.79 Å². The summed E-state index contributed by atoms with van der Waals surface area (Å²) in [5.74, 6) is -2.76. The number of carbonyl (C=O) groups is 1. The van der Waals surface area contributed by atoms with E-state index in [-0.39, 0.29) is 0 Å². The molecule has 1 heterocycles. The fourth-order valence-corrected chi connectivity index (χ4v) is 1.28. The molecule has 0 radical (unpaired) electrons. The van der Waals surface area contributed by atoms with Crippen molar-refractivity contribution < 1.29 is 28.4 Å². The summed E-state index contributed by atoms with van der Waals surface area (Å²) in [5, 5.41) is 9.48. The van der Waals surface area contributed by atoms with Crippen molar-refractivity contribution in [1.82, 2.24) is 0 Å². The first-order valence-electron chi connectivity index (χ1n) is 5.66. The number of carboxylic acid groups (broad SMARTS) is 1. The van der Waals surface area contributed by atoms with Gasteiger partial charge in [0.2, 0.25) is 0 Å². The molecule has 0 aliphatic carbocycles. The lowest BCUT2D eigenvalue weighted by Crippen LogP contribution is -2.87. The van der Waals surface area contributed by atoms with Crippen molar-refractivity contribution in [1.29, 1.82) is 0 Å². The quantitative estimate of drug-likeness (QED) is 0.649. The number of rotatable bonds is 1. The summed E-state index contributed by atoms with van der Waals surface area (Å²) in [6.07, 6.45) is -2.59. The monoisotopic (exact) mass is 259 g/mol. The lowest BCUT2D eigenvalue weighted by atomic mass is 10.1. The van der Waals surface area contributed by atoms with Crippen LogP contribution < -0.4 is 11.1 Å². The summed E-state index contributed by atoms with van der Waals surface area (Å²) < 4.78 is 31.7. The van der Waals surface area contributed by atoms with Crippen molar-refractivity contribution in [2.24, 2.45) is 5.73 Å². The molecule has 4 nitrogen and oxygen atoms in total. The normalized spacial score (nSPS) is 23.0. The Bertz CT molecular complexity index is 210. The van der Waals surface area contributed by atoms with E-state index < -0.39 is 12.1 Å². The van der Waals surface area contributed by atoms with Gasteiger partial charge in [-0.15, -0.1) is 0 Å². The highest BCUT2D eigenvalue weighted by Crippen LogP contribution is 2.13. The van der Waals surface area contributed by atoms with Crippen LogP contribution in [0.25, 0.3) is 0 Å². The highest BCUT2D eigenvalue weighted by molar-refractivity contribution is 5.73. The van der Waals surface area contributed by atoms with E-state index >= 15 is 0 Å². The molecule has 0 aromatic heterocycles. The lowest BCUT2D eigenvalue weighted by Gasteiger charge is -1.98. The van der Waals surface area contributed by atoms with Gasteiger partial charge in [0.1, 0.15) is 0 Å². The topological polar surface area (TPSA) is 79.9 Å². The van der Waals surface area contributed by atoms with Crippen molar-refractivity contribution in [2.45, 2.75) is 51.9 Å². The molecular weight excluding hydrogens is 237 g/mol. The van der Waals surface area contributed by atoms with Crippen LogP contribution >= 0.6 is 0 Å². The second kappa shape index (κ2) is 9.23. The van der Waals surface area contributed by atoms with Crippen molar-refractivity contribution in [3.8, 4) is 0 Å². The minimum Gasteiger partial charge on any atom is -0.475 e. The first-order valence-corrected chi connectivity index (χ1v) is 5.66. The van der Waals surface area contributed by atoms with E-state index in [0.717, 1.165) is 12.6 Å². The summed E-state index contributed by atoms with van der Waals surface area (Å²) in [6.45, 7) is 7.36. The zero-order chi connectivity index (χ0) is 14.1. The zero-order valence-electron chi connectivity index (χ0n) is 10.4. The van der Waals surface area contributed by atoms with E-state index in [2.05, 4.69) is 12.2 Å². The van der Waals surface area contributed by atoms with Crippen LogP contribution in [0.4, 0.5) is 13.2 Å². The maximum atomic E-state index is 10.6. The fraction of sp³-hybridized carbons (Fsp3) is 0.900. The highest BCUT2D eigenvalue weighted by atomic mass is 19.4. The number of hydrogen-bond acceptors (Lipinski definition) is 2. The summed E-state index contributed by atoms with van der Waals surface area (Å²) >= 11 is 0. The molecule has 1 aliphatic heterocycles. The summed E-state index contributed by atoms with van der Waals surface area (Å²) in [4.78, 5) is 8.90. The van der Waals surface area contributed by atoms with Crippen LogP contribution in [0.15, 0.2) is 0 Å². The second-order valence-electron chi connectivity index (χ2n) is 3.44. The SMILES string of the molecule is CC.CC[C@@H]1C[C@@H](N)C[NH2+]1.O=C(O)C(F)(F)F. The van der Waals surface area contributed by atoms with Gasteiger partial charge in [-0.2, -0.15) is 13.2 Å². The number of alkyl halides is 3. The van der Waals surface area contributed by atoms with Crippen molar-refractivity contribution in [2.75, 3.05) is 6.54 Å². The van der Waals surface area contributed by atoms with Gasteiger partial charge in [0.25, 0.3) is 0 Å². The number of aliphatic carboxylic acids is 1. The second-order valence-corrected chi connectivity index (χ2v) is 3.44. The number of nitrogens with two attached hydrogens (primary N) is 2. The lowest BCUT2D eigenvalue weighted by molar-refractivity contribution is -0.670. The maximum absolute atomic E-state index is 10.6. The van der Waals surface area contributed by atoms with E-state index in [9.17, 15) is 13.2 Å². The van der Waals surface area contributed by atoms with Crippen LogP contribution in [0, 0.1) is 0 Å². The molecule has 1 aliphatic rings. The third-order valence-corrected chi connectivity index (χ3v) is 2.14. The van der Waals surface area contributed by atoms with Crippen LogP contribution in [0.3, 0.4) is 0 Å². The van der Waals surface area contributed by atoms with Crippen molar-refractivity contribution >= 4 is 5.97 Å². The smallest absolute Gasteiger partial charge is 0.475 e. The van der Waals surface area contributed by atoms with Crippen LogP contribution in [0.1, 0.15) is 33.6 Å². The minimum atomic E-state index is -5.08. The standard InChI is InChI=1S/C6H14N2.C2HF3O2.C2H6/c1-2-6-3-5(7)4-8-6;3-2(4,5)1(6)7;1-2/h5-6,8H,2-4,7H2,1H3;(H,6,7);1-2H3/p+1/t5-,6-;;/m1../s1. The number of quaternary nitrogens is 1. The third-order valence-electron chi connectivity index (χ3n) is 2.14. The average Bonchev–Trinajstić information content (AvgIpc) is 2.67. The Balaban J connectivity index is 0. The Kier molecular flexibility index (Phi) is 10.1. The Labute approximate surface area is 99.4 Å². The predicted molar refractivity (Wildman–Crippen MR) is 58.5 cm³/mol. The van der Waals surface area contributed by atoms with Crippen LogP contribution in [-0.4, -0.2) is 35.9 Å². The van der Waals surface area contributed by atoms with Crippen LogP contribution in [0.2, 0.25) is 0 Å². The molecule has 1 saturated heterocycles. The Morgan fingerprint density at radius 2 is 1.88 bits per heavy atom. The summed E-state index contributed by atoms with van der Waals surface area (Å²) in [6, 6.07) is 1.30. The van der Waals surface area contributed by atoms with Gasteiger partial charge in [-0.05, 0) is 6.42 Å². The molecule has 1 fully saturated rings. The molecule has 2 atom stereocenters. The fourth-order valence-electron chi connectivity index (χ4n) is 1.28. The maximum Gasteiger partial charge on any atom is 0.490 e. The predicted octanol–water partition coefficient (Wildman–Crippen LogP) is 0.719. The van der Waals surface area contributed by atoms with Gasteiger partial charge < -0.3 is 16.2 Å². The molecular formula is C10H22F3N2O2+. The molecule has 17 heavy (non-hydrogen) atoms. The van der Waals surface area contributed by atoms with E-state index in [1.807, 2.05) is 13.8 Å². The Hall–Kier alpha value is -0.820. The zero-order valence-corrected chi connectivity index (χ0v) is 10.4. The van der Waals surface area contributed by atoms with Crippen molar-refractivity contribution in [3.05, 3.63) is 0 Å². The molecule has 104 valence electrons. The number of hydrogen-bond donors (Lipinski definition) is 3. The van der Waals surface area contributed by atoms with Crippen molar-refractivity contribution in [3.63, 3.8) is 0 Å². The molecule has 0 amide bonds. The van der Waals surface area contributed by atoms with Gasteiger partial charge in [0.15, 0.2) is 0 Å². The van der Waals surface area contributed by atoms with E-state index in [4.69, 9.17) is 15.6 Å². The van der Waals surface area contributed by atoms with Gasteiger partial charge in [-0.3, -0.25) is 0 Å². The van der Waals surface area contributed by atoms with E-state index in [1.165, 1.54) is 12.8 Å². The van der Waals surface area contributed by atoms with Gasteiger partial charge in [0.05, 0.1) is 18.6 Å². The molecule has 0 spiro atoms. The van der Waals surface area contributed by atoms with E-state index in [0.29, 0.717) is 6.04 Å². The van der Waals surface area contributed by atoms with Crippen LogP contribution in [0.5, 0.6) is 0 Å². The molecule has 0 aromatic rings. The number of halogens is 3. The van der Waals surface area contributed by atoms with E-state index in [1.54, 1.807) is 0 Å². The highest BCUT2D eigenvalue weighted by Gasteiger charge is 2.38. The Morgan fingerprint density at radius 1 is 1.47 bits per heavy atom. The summed E-state index contributed by atoms with van der Waals surface area (Å²) in [5.41, 5.74) is 5.67. The van der Waals surface area contributed by atoms with Gasteiger partial charge in [-0.25, -0.2) is 4.79 Å². The third kappa shape index (κ3) is 10.1. The Morgan fingerprint density at radius 3 is 2.00 bits per heavy atom.